The van der Waals surface area contributed by atoms with Gasteiger partial charge in [-0.05, 0) is 31.4 Å². The Labute approximate surface area is 160 Å². The van der Waals surface area contributed by atoms with E-state index < -0.39 is 0 Å². The Bertz CT molecular complexity index is 936. The molecule has 134 valence electrons. The van der Waals surface area contributed by atoms with E-state index in [1.54, 1.807) is 11.7 Å². The van der Waals surface area contributed by atoms with Gasteiger partial charge >= 0.3 is 0 Å². The molecule has 1 aliphatic rings. The second kappa shape index (κ2) is 7.21. The van der Waals surface area contributed by atoms with E-state index in [4.69, 9.17) is 16.0 Å². The standard InChI is InChI=1S/C19H18ClN3O2S/c1-12-17(26-11-22-12)19(24)23-8-4-7-16(23)18-21-10-14(25-18)9-13-5-2-3-6-15(13)20/h2-3,5-6,10-11,16H,4,7-9H2,1H3. The van der Waals surface area contributed by atoms with Gasteiger partial charge in [0.1, 0.15) is 16.7 Å². The van der Waals surface area contributed by atoms with E-state index in [0.717, 1.165) is 29.9 Å². The smallest absolute Gasteiger partial charge is 0.266 e. The maximum Gasteiger partial charge on any atom is 0.266 e. The van der Waals surface area contributed by atoms with Crippen molar-refractivity contribution in [2.24, 2.45) is 0 Å². The molecule has 4 rings (SSSR count). The highest BCUT2D eigenvalue weighted by molar-refractivity contribution is 7.11. The van der Waals surface area contributed by atoms with Crippen molar-refractivity contribution in [2.45, 2.75) is 32.2 Å². The van der Waals surface area contributed by atoms with Gasteiger partial charge in [0.05, 0.1) is 17.4 Å². The summed E-state index contributed by atoms with van der Waals surface area (Å²) in [5.41, 5.74) is 3.48. The highest BCUT2D eigenvalue weighted by Crippen LogP contribution is 2.34. The maximum absolute atomic E-state index is 12.9. The van der Waals surface area contributed by atoms with Crippen LogP contribution in [0.1, 0.15) is 51.5 Å². The predicted molar refractivity (Wildman–Crippen MR) is 101 cm³/mol. The van der Waals surface area contributed by atoms with E-state index in [0.29, 0.717) is 28.8 Å². The molecule has 1 saturated heterocycles. The first-order chi connectivity index (χ1) is 12.6. The molecular formula is C19H18ClN3O2S. The molecule has 1 amide bonds. The maximum atomic E-state index is 12.9. The third-order valence-corrected chi connectivity index (χ3v) is 5.92. The summed E-state index contributed by atoms with van der Waals surface area (Å²) in [6, 6.07) is 7.57. The van der Waals surface area contributed by atoms with Crippen LogP contribution in [0.15, 0.2) is 40.4 Å². The van der Waals surface area contributed by atoms with E-state index in [1.807, 2.05) is 36.1 Å². The van der Waals surface area contributed by atoms with Gasteiger partial charge in [0.2, 0.25) is 5.89 Å². The number of benzene rings is 1. The predicted octanol–water partition coefficient (Wildman–Crippen LogP) is 4.66. The number of thiazole rings is 1. The summed E-state index contributed by atoms with van der Waals surface area (Å²) in [4.78, 5) is 24.0. The Kier molecular flexibility index (Phi) is 4.78. The fourth-order valence-corrected chi connectivity index (χ4v) is 4.25. The Morgan fingerprint density at radius 3 is 3.00 bits per heavy atom. The van der Waals surface area contributed by atoms with E-state index in [-0.39, 0.29) is 11.9 Å². The molecule has 1 aromatic carbocycles. The normalized spacial score (nSPS) is 17.0. The molecule has 3 heterocycles. The molecule has 5 nitrogen and oxygen atoms in total. The molecule has 0 spiro atoms. The van der Waals surface area contributed by atoms with Gasteiger partial charge in [-0.25, -0.2) is 9.97 Å². The number of halogens is 1. The lowest BCUT2D eigenvalue weighted by atomic mass is 10.1. The summed E-state index contributed by atoms with van der Waals surface area (Å²) in [7, 11) is 0. The lowest BCUT2D eigenvalue weighted by Crippen LogP contribution is -2.30. The summed E-state index contributed by atoms with van der Waals surface area (Å²) in [6.45, 7) is 2.57. The van der Waals surface area contributed by atoms with Crippen LogP contribution in [0, 0.1) is 6.92 Å². The molecule has 0 aliphatic carbocycles. The van der Waals surface area contributed by atoms with E-state index in [2.05, 4.69) is 9.97 Å². The average molecular weight is 388 g/mol. The van der Waals surface area contributed by atoms with Crippen LogP contribution in [-0.4, -0.2) is 27.3 Å². The molecular weight excluding hydrogens is 370 g/mol. The molecule has 1 unspecified atom stereocenters. The number of rotatable bonds is 4. The van der Waals surface area contributed by atoms with Crippen LogP contribution in [-0.2, 0) is 6.42 Å². The SMILES string of the molecule is Cc1ncsc1C(=O)N1CCCC1c1ncc(Cc2ccccc2Cl)o1. The Balaban J connectivity index is 1.54. The van der Waals surface area contributed by atoms with Crippen LogP contribution >= 0.6 is 22.9 Å². The number of nitrogens with zero attached hydrogens (tertiary/aromatic N) is 3. The Morgan fingerprint density at radius 2 is 2.23 bits per heavy atom. The average Bonchev–Trinajstić information content (AvgIpc) is 3.36. The van der Waals surface area contributed by atoms with Gasteiger partial charge < -0.3 is 9.32 Å². The molecule has 0 saturated carbocycles. The van der Waals surface area contributed by atoms with Gasteiger partial charge in [-0.3, -0.25) is 4.79 Å². The first kappa shape index (κ1) is 17.2. The minimum atomic E-state index is -0.121. The third-order valence-electron chi connectivity index (χ3n) is 4.63. The number of amides is 1. The fraction of sp³-hybridized carbons (Fsp3) is 0.316. The summed E-state index contributed by atoms with van der Waals surface area (Å²) in [5.74, 6) is 1.36. The number of aromatic nitrogens is 2. The quantitative estimate of drug-likeness (QED) is 0.653. The van der Waals surface area contributed by atoms with Gasteiger partial charge in [0.25, 0.3) is 5.91 Å². The zero-order valence-corrected chi connectivity index (χ0v) is 15.9. The van der Waals surface area contributed by atoms with Gasteiger partial charge in [-0.15, -0.1) is 11.3 Å². The van der Waals surface area contributed by atoms with Crippen molar-refractivity contribution in [1.82, 2.24) is 14.9 Å². The van der Waals surface area contributed by atoms with Gasteiger partial charge in [-0.2, -0.15) is 0 Å². The highest BCUT2D eigenvalue weighted by atomic mass is 35.5. The number of likely N-dealkylation sites (tertiary alicyclic amines) is 1. The van der Waals surface area contributed by atoms with Crippen LogP contribution in [0.25, 0.3) is 0 Å². The van der Waals surface area contributed by atoms with Crippen molar-refractivity contribution in [1.29, 1.82) is 0 Å². The molecule has 1 aliphatic heterocycles. The number of aryl methyl sites for hydroxylation is 1. The van der Waals surface area contributed by atoms with Crippen molar-refractivity contribution >= 4 is 28.8 Å². The largest absolute Gasteiger partial charge is 0.443 e. The number of carbonyl (C=O) groups excluding carboxylic acids is 1. The molecule has 0 bridgehead atoms. The third kappa shape index (κ3) is 3.27. The van der Waals surface area contributed by atoms with Gasteiger partial charge in [0.15, 0.2) is 0 Å². The minimum Gasteiger partial charge on any atom is -0.443 e. The van der Waals surface area contributed by atoms with Crippen LogP contribution < -0.4 is 0 Å². The molecule has 0 N–H and O–H groups in total. The van der Waals surface area contributed by atoms with E-state index >= 15 is 0 Å². The lowest BCUT2D eigenvalue weighted by molar-refractivity contribution is 0.0718. The Hall–Kier alpha value is -2.18. The Morgan fingerprint density at radius 1 is 1.38 bits per heavy atom. The van der Waals surface area contributed by atoms with Crippen molar-refractivity contribution in [3.8, 4) is 0 Å². The van der Waals surface area contributed by atoms with Crippen molar-refractivity contribution < 1.29 is 9.21 Å². The van der Waals surface area contributed by atoms with Crippen molar-refractivity contribution in [3.05, 3.63) is 68.8 Å². The molecule has 1 fully saturated rings. The molecule has 0 radical (unpaired) electrons. The van der Waals surface area contributed by atoms with Crippen molar-refractivity contribution in [2.75, 3.05) is 6.54 Å². The number of hydrogen-bond donors (Lipinski definition) is 0. The fourth-order valence-electron chi connectivity index (χ4n) is 3.29. The van der Waals surface area contributed by atoms with Crippen LogP contribution in [0.5, 0.6) is 0 Å². The zero-order chi connectivity index (χ0) is 18.1. The molecule has 1 atom stereocenters. The molecule has 3 aromatic rings. The number of hydrogen-bond acceptors (Lipinski definition) is 5. The first-order valence-corrected chi connectivity index (χ1v) is 9.78. The monoisotopic (exact) mass is 387 g/mol. The molecule has 2 aromatic heterocycles. The molecule has 7 heteroatoms. The highest BCUT2D eigenvalue weighted by Gasteiger charge is 2.35. The lowest BCUT2D eigenvalue weighted by Gasteiger charge is -2.21. The summed E-state index contributed by atoms with van der Waals surface area (Å²) >= 11 is 7.61. The second-order valence-corrected chi connectivity index (χ2v) is 7.62. The summed E-state index contributed by atoms with van der Waals surface area (Å²) in [6.07, 6.45) is 4.12. The second-order valence-electron chi connectivity index (χ2n) is 6.36. The first-order valence-electron chi connectivity index (χ1n) is 8.52. The van der Waals surface area contributed by atoms with E-state index in [9.17, 15) is 4.79 Å². The number of carbonyl (C=O) groups is 1. The van der Waals surface area contributed by atoms with Crippen LogP contribution in [0.3, 0.4) is 0 Å². The molecule has 26 heavy (non-hydrogen) atoms. The van der Waals surface area contributed by atoms with Gasteiger partial charge in [0, 0.05) is 18.0 Å². The van der Waals surface area contributed by atoms with E-state index in [1.165, 1.54) is 11.3 Å². The van der Waals surface area contributed by atoms with Crippen molar-refractivity contribution in [3.63, 3.8) is 0 Å². The summed E-state index contributed by atoms with van der Waals surface area (Å²) in [5, 5.41) is 0.712. The number of oxazole rings is 1. The zero-order valence-electron chi connectivity index (χ0n) is 14.3. The topological polar surface area (TPSA) is 59.2 Å². The van der Waals surface area contributed by atoms with Gasteiger partial charge in [-0.1, -0.05) is 29.8 Å². The van der Waals surface area contributed by atoms with Crippen LogP contribution in [0.2, 0.25) is 5.02 Å². The minimum absolute atomic E-state index is 0.0124. The van der Waals surface area contributed by atoms with Crippen LogP contribution in [0.4, 0.5) is 0 Å². The summed E-state index contributed by atoms with van der Waals surface area (Å²) < 4.78 is 5.98.